The molecule has 2 N–H and O–H groups in total. The predicted molar refractivity (Wildman–Crippen MR) is 105 cm³/mol. The zero-order valence-electron chi connectivity index (χ0n) is 16.9. The number of hydrogen-bond acceptors (Lipinski definition) is 2. The lowest BCUT2D eigenvalue weighted by molar-refractivity contribution is -0.144. The van der Waals surface area contributed by atoms with E-state index in [1.165, 1.54) is 27.8 Å². The molecule has 0 unspecified atom stereocenters. The topological polar surface area (TPSA) is 74.6 Å². The molecule has 0 heterocycles. The van der Waals surface area contributed by atoms with Crippen molar-refractivity contribution in [2.24, 2.45) is 10.8 Å². The van der Waals surface area contributed by atoms with Crippen molar-refractivity contribution in [3.63, 3.8) is 0 Å². The largest absolute Gasteiger partial charge is 0.481 e. The van der Waals surface area contributed by atoms with Crippen LogP contribution in [0.25, 0.3) is 0 Å². The first-order valence-electron chi connectivity index (χ1n) is 10.3. The molecule has 1 aromatic rings. The third-order valence-electron chi connectivity index (χ3n) is 7.18. The van der Waals surface area contributed by atoms with Gasteiger partial charge < -0.3 is 10.2 Å². The van der Waals surface area contributed by atoms with Gasteiger partial charge in [0.25, 0.3) is 0 Å². The molecule has 3 rings (SSSR count). The summed E-state index contributed by atoms with van der Waals surface area (Å²) in [5, 5.41) is 18.8. The highest BCUT2D eigenvalue weighted by molar-refractivity contribution is 5.78. The molecule has 0 bridgehead atoms. The zero-order valence-corrected chi connectivity index (χ0v) is 16.9. The van der Waals surface area contributed by atoms with E-state index in [9.17, 15) is 19.8 Å². The third kappa shape index (κ3) is 4.04. The van der Waals surface area contributed by atoms with Crippen molar-refractivity contribution >= 4 is 11.9 Å². The summed E-state index contributed by atoms with van der Waals surface area (Å²) in [6.45, 7) is 6.46. The van der Waals surface area contributed by atoms with Gasteiger partial charge in [0.1, 0.15) is 0 Å². The maximum atomic E-state index is 11.4. The van der Waals surface area contributed by atoms with Gasteiger partial charge in [-0.05, 0) is 113 Å². The second-order valence-corrected chi connectivity index (χ2v) is 8.96. The predicted octanol–water partition coefficient (Wildman–Crippen LogP) is 4.99. The minimum absolute atomic E-state index is 0.450. The van der Waals surface area contributed by atoms with Gasteiger partial charge in [-0.3, -0.25) is 9.59 Å². The van der Waals surface area contributed by atoms with Crippen LogP contribution in [0.1, 0.15) is 79.2 Å². The van der Waals surface area contributed by atoms with Gasteiger partial charge in [-0.1, -0.05) is 6.07 Å². The van der Waals surface area contributed by atoms with Crippen molar-refractivity contribution in [2.75, 3.05) is 0 Å². The normalized spacial score (nSPS) is 18.9. The van der Waals surface area contributed by atoms with Gasteiger partial charge in [0.15, 0.2) is 0 Å². The monoisotopic (exact) mass is 372 g/mol. The first-order valence-corrected chi connectivity index (χ1v) is 10.3. The van der Waals surface area contributed by atoms with Crippen molar-refractivity contribution in [1.29, 1.82) is 0 Å². The Balaban J connectivity index is 1.67. The van der Waals surface area contributed by atoms with Crippen LogP contribution in [0.4, 0.5) is 0 Å². The molecule has 2 aliphatic carbocycles. The molecule has 0 amide bonds. The fraction of sp³-hybridized carbons (Fsp3) is 0.652. The van der Waals surface area contributed by atoms with Crippen molar-refractivity contribution in [3.05, 3.63) is 33.9 Å². The Bertz CT molecular complexity index is 754. The SMILES string of the molecule is Cc1cc(CCCC2(C(=O)O)CC2)c(CCCC2(C(=O)O)CC2)c(C)c1C. The lowest BCUT2D eigenvalue weighted by atomic mass is 9.86. The lowest BCUT2D eigenvalue weighted by Crippen LogP contribution is -2.15. The molecular weight excluding hydrogens is 340 g/mol. The van der Waals surface area contributed by atoms with Crippen LogP contribution < -0.4 is 0 Å². The second kappa shape index (κ2) is 7.29. The number of aliphatic carboxylic acids is 2. The van der Waals surface area contributed by atoms with E-state index in [0.717, 1.165) is 64.2 Å². The third-order valence-corrected chi connectivity index (χ3v) is 7.18. The van der Waals surface area contributed by atoms with E-state index < -0.39 is 22.8 Å². The fourth-order valence-electron chi connectivity index (χ4n) is 4.45. The Morgan fingerprint density at radius 2 is 1.33 bits per heavy atom. The van der Waals surface area contributed by atoms with Gasteiger partial charge in [-0.2, -0.15) is 0 Å². The van der Waals surface area contributed by atoms with E-state index in [0.29, 0.717) is 0 Å². The van der Waals surface area contributed by atoms with Gasteiger partial charge in [0, 0.05) is 0 Å². The van der Waals surface area contributed by atoms with Crippen LogP contribution in [-0.2, 0) is 22.4 Å². The number of aryl methyl sites for hydroxylation is 2. The standard InChI is InChI=1S/C23H32O4/c1-15-14-18(6-4-8-22(10-11-22)20(24)25)19(17(3)16(15)2)7-5-9-23(12-13-23)21(26)27/h14H,4-13H2,1-3H3,(H,24,25)(H,26,27). The number of carbonyl (C=O) groups is 2. The second-order valence-electron chi connectivity index (χ2n) is 8.96. The summed E-state index contributed by atoms with van der Waals surface area (Å²) in [5.41, 5.74) is 5.72. The van der Waals surface area contributed by atoms with E-state index in [2.05, 4.69) is 26.8 Å². The highest BCUT2D eigenvalue weighted by atomic mass is 16.4. The van der Waals surface area contributed by atoms with Crippen LogP contribution in [0.15, 0.2) is 6.07 Å². The average Bonchev–Trinajstić information content (AvgIpc) is 3.50. The van der Waals surface area contributed by atoms with E-state index in [1.807, 2.05) is 0 Å². The molecule has 4 heteroatoms. The molecule has 2 fully saturated rings. The van der Waals surface area contributed by atoms with E-state index in [4.69, 9.17) is 0 Å². The number of carboxylic acids is 2. The van der Waals surface area contributed by atoms with Gasteiger partial charge in [0.2, 0.25) is 0 Å². The minimum atomic E-state index is -0.637. The average molecular weight is 373 g/mol. The van der Waals surface area contributed by atoms with Crippen LogP contribution in [0, 0.1) is 31.6 Å². The van der Waals surface area contributed by atoms with Gasteiger partial charge in [0.05, 0.1) is 10.8 Å². The molecule has 1 aromatic carbocycles. The Morgan fingerprint density at radius 1 is 0.852 bits per heavy atom. The fourth-order valence-corrected chi connectivity index (χ4v) is 4.45. The quantitative estimate of drug-likeness (QED) is 0.607. The molecule has 2 saturated carbocycles. The summed E-state index contributed by atoms with van der Waals surface area (Å²) < 4.78 is 0. The van der Waals surface area contributed by atoms with Gasteiger partial charge in [-0.25, -0.2) is 0 Å². The molecule has 0 radical (unpaired) electrons. The van der Waals surface area contributed by atoms with E-state index in [1.54, 1.807) is 0 Å². The van der Waals surface area contributed by atoms with Crippen LogP contribution in [0.2, 0.25) is 0 Å². The van der Waals surface area contributed by atoms with Crippen LogP contribution in [0.5, 0.6) is 0 Å². The molecule has 148 valence electrons. The van der Waals surface area contributed by atoms with Gasteiger partial charge >= 0.3 is 11.9 Å². The number of carboxylic acid groups (broad SMARTS) is 2. The first-order chi connectivity index (χ1) is 12.7. The molecule has 0 aliphatic heterocycles. The van der Waals surface area contributed by atoms with E-state index >= 15 is 0 Å². The molecule has 0 spiro atoms. The summed E-state index contributed by atoms with van der Waals surface area (Å²) in [6, 6.07) is 2.27. The Morgan fingerprint density at radius 3 is 1.78 bits per heavy atom. The van der Waals surface area contributed by atoms with E-state index in [-0.39, 0.29) is 0 Å². The first kappa shape index (κ1) is 19.9. The van der Waals surface area contributed by atoms with Crippen molar-refractivity contribution in [3.8, 4) is 0 Å². The maximum absolute atomic E-state index is 11.4. The number of benzene rings is 1. The number of rotatable bonds is 10. The van der Waals surface area contributed by atoms with Crippen LogP contribution in [-0.4, -0.2) is 22.2 Å². The number of hydrogen-bond donors (Lipinski definition) is 2. The molecule has 0 aromatic heterocycles. The Kier molecular flexibility index (Phi) is 5.38. The van der Waals surface area contributed by atoms with Crippen molar-refractivity contribution in [2.45, 2.75) is 85.0 Å². The molecule has 2 aliphatic rings. The summed E-state index contributed by atoms with van der Waals surface area (Å²) in [7, 11) is 0. The molecule has 27 heavy (non-hydrogen) atoms. The smallest absolute Gasteiger partial charge is 0.309 e. The van der Waals surface area contributed by atoms with Crippen LogP contribution in [0.3, 0.4) is 0 Å². The summed E-state index contributed by atoms with van der Waals surface area (Å²) >= 11 is 0. The van der Waals surface area contributed by atoms with Crippen molar-refractivity contribution in [1.82, 2.24) is 0 Å². The summed E-state index contributed by atoms with van der Waals surface area (Å²) in [6.07, 6.45) is 8.43. The molecule has 0 saturated heterocycles. The van der Waals surface area contributed by atoms with Gasteiger partial charge in [-0.15, -0.1) is 0 Å². The summed E-state index contributed by atoms with van der Waals surface area (Å²) in [4.78, 5) is 22.8. The zero-order chi connectivity index (χ0) is 19.8. The summed E-state index contributed by atoms with van der Waals surface area (Å²) in [5.74, 6) is -1.27. The Labute approximate surface area is 162 Å². The molecular formula is C23H32O4. The molecule has 0 atom stereocenters. The lowest BCUT2D eigenvalue weighted by Gasteiger charge is -2.19. The minimum Gasteiger partial charge on any atom is -0.481 e. The van der Waals surface area contributed by atoms with Crippen molar-refractivity contribution < 1.29 is 19.8 Å². The maximum Gasteiger partial charge on any atom is 0.309 e. The van der Waals surface area contributed by atoms with Crippen LogP contribution >= 0.6 is 0 Å². The highest BCUT2D eigenvalue weighted by Gasteiger charge is 2.50. The molecule has 4 nitrogen and oxygen atoms in total. The Hall–Kier alpha value is -1.84. The highest BCUT2D eigenvalue weighted by Crippen LogP contribution is 2.51.